The molecule has 0 unspecified atom stereocenters. The van der Waals surface area contributed by atoms with Gasteiger partial charge in [0.15, 0.2) is 11.5 Å². The van der Waals surface area contributed by atoms with Gasteiger partial charge in [0.2, 0.25) is 0 Å². The molecule has 0 radical (unpaired) electrons. The summed E-state index contributed by atoms with van der Waals surface area (Å²) in [5, 5.41) is 6.62. The second-order valence-electron chi connectivity index (χ2n) is 7.84. The zero-order valence-electron chi connectivity index (χ0n) is 19.6. The Morgan fingerprint density at radius 2 is 1.78 bits per heavy atom. The molecule has 3 aromatic rings. The first-order chi connectivity index (χ1) is 17.4. The average molecular weight is 527 g/mol. The van der Waals surface area contributed by atoms with E-state index >= 15 is 0 Å². The molecule has 186 valence electrons. The van der Waals surface area contributed by atoms with Gasteiger partial charge in [-0.3, -0.25) is 0 Å². The van der Waals surface area contributed by atoms with Crippen molar-refractivity contribution in [2.75, 3.05) is 13.7 Å². The molecule has 2 amide bonds. The number of halogens is 2. The van der Waals surface area contributed by atoms with Gasteiger partial charge in [0.25, 0.3) is 0 Å². The molecular weight excluding hydrogens is 503 g/mol. The molecule has 36 heavy (non-hydrogen) atoms. The van der Waals surface area contributed by atoms with Gasteiger partial charge in [-0.25, -0.2) is 9.59 Å². The summed E-state index contributed by atoms with van der Waals surface area (Å²) >= 11 is 12.2. The molecule has 0 fully saturated rings. The standard InChI is InChI=1S/C27H24Cl2N2O5/c1-3-35-26(32)23-24(16-7-5-4-6-8-16)30-27(33)31-25(23)17-10-12-21(22(13-17)34-2)36-15-18-9-11-19(28)14-20(18)29/h4-14,25H,3,15H2,1-2H3,(H2,30,31,33)/t25-/m0/s1. The number of benzene rings is 3. The number of urea groups is 1. The highest BCUT2D eigenvalue weighted by Crippen LogP contribution is 2.37. The molecular formula is C27H24Cl2N2O5. The van der Waals surface area contributed by atoms with Crippen LogP contribution in [0, 0.1) is 0 Å². The smallest absolute Gasteiger partial charge is 0.338 e. The van der Waals surface area contributed by atoms with E-state index in [-0.39, 0.29) is 18.8 Å². The SMILES string of the molecule is CCOC(=O)C1=C(c2ccccc2)NC(=O)N[C@H]1c1ccc(OCc2ccc(Cl)cc2Cl)c(OC)c1. The van der Waals surface area contributed by atoms with Crippen molar-refractivity contribution in [1.82, 2.24) is 10.6 Å². The minimum absolute atomic E-state index is 0.189. The van der Waals surface area contributed by atoms with Gasteiger partial charge in [0.05, 0.1) is 31.0 Å². The van der Waals surface area contributed by atoms with Gasteiger partial charge in [-0.1, -0.05) is 65.7 Å². The Morgan fingerprint density at radius 3 is 2.47 bits per heavy atom. The first kappa shape index (κ1) is 25.4. The van der Waals surface area contributed by atoms with Crippen LogP contribution in [0.15, 0.2) is 72.3 Å². The van der Waals surface area contributed by atoms with E-state index in [4.69, 9.17) is 37.4 Å². The maximum Gasteiger partial charge on any atom is 0.338 e. The van der Waals surface area contributed by atoms with Crippen LogP contribution in [0.2, 0.25) is 10.0 Å². The van der Waals surface area contributed by atoms with Crippen LogP contribution in [0.25, 0.3) is 5.70 Å². The van der Waals surface area contributed by atoms with Crippen molar-refractivity contribution in [2.24, 2.45) is 0 Å². The maximum atomic E-state index is 13.1. The number of amides is 2. The van der Waals surface area contributed by atoms with Crippen LogP contribution in [-0.2, 0) is 16.1 Å². The summed E-state index contributed by atoms with van der Waals surface area (Å²) in [6.07, 6.45) is 0. The van der Waals surface area contributed by atoms with E-state index in [0.29, 0.717) is 38.4 Å². The molecule has 1 atom stereocenters. The summed E-state index contributed by atoms with van der Waals surface area (Å²) < 4.78 is 16.8. The highest BCUT2D eigenvalue weighted by molar-refractivity contribution is 6.35. The van der Waals surface area contributed by atoms with E-state index in [1.54, 1.807) is 43.3 Å². The number of methoxy groups -OCH3 is 1. The lowest BCUT2D eigenvalue weighted by Crippen LogP contribution is -2.45. The first-order valence-corrected chi connectivity index (χ1v) is 12.0. The molecule has 0 spiro atoms. The summed E-state index contributed by atoms with van der Waals surface area (Å²) in [5.74, 6) is 0.359. The van der Waals surface area contributed by atoms with Crippen molar-refractivity contribution >= 4 is 40.9 Å². The predicted octanol–water partition coefficient (Wildman–Crippen LogP) is 5.91. The Hall–Kier alpha value is -3.68. The highest BCUT2D eigenvalue weighted by Gasteiger charge is 2.34. The van der Waals surface area contributed by atoms with Crippen LogP contribution in [0.4, 0.5) is 4.79 Å². The molecule has 7 nitrogen and oxygen atoms in total. The second kappa shape index (κ2) is 11.4. The summed E-state index contributed by atoms with van der Waals surface area (Å²) in [4.78, 5) is 25.7. The zero-order valence-corrected chi connectivity index (χ0v) is 21.2. The number of carbonyl (C=O) groups excluding carboxylic acids is 2. The topological polar surface area (TPSA) is 85.9 Å². The minimum atomic E-state index is -0.776. The quantitative estimate of drug-likeness (QED) is 0.356. The number of hydrogen-bond donors (Lipinski definition) is 2. The van der Waals surface area contributed by atoms with Crippen LogP contribution in [0.5, 0.6) is 11.5 Å². The van der Waals surface area contributed by atoms with E-state index < -0.39 is 18.0 Å². The lowest BCUT2D eigenvalue weighted by atomic mass is 9.92. The molecule has 0 saturated carbocycles. The lowest BCUT2D eigenvalue weighted by molar-refractivity contribution is -0.138. The van der Waals surface area contributed by atoms with Gasteiger partial charge < -0.3 is 24.8 Å². The molecule has 2 N–H and O–H groups in total. The third kappa shape index (κ3) is 5.58. The summed E-state index contributed by atoms with van der Waals surface area (Å²) in [5.41, 5.74) is 2.74. The second-order valence-corrected chi connectivity index (χ2v) is 8.68. The molecule has 3 aromatic carbocycles. The van der Waals surface area contributed by atoms with Crippen molar-refractivity contribution in [3.63, 3.8) is 0 Å². The fourth-order valence-corrected chi connectivity index (χ4v) is 4.32. The van der Waals surface area contributed by atoms with Crippen LogP contribution in [-0.4, -0.2) is 25.7 Å². The van der Waals surface area contributed by atoms with Gasteiger partial charge in [0.1, 0.15) is 6.61 Å². The van der Waals surface area contributed by atoms with Crippen molar-refractivity contribution in [3.05, 3.63) is 99.0 Å². The Kier molecular flexibility index (Phi) is 8.03. The van der Waals surface area contributed by atoms with Crippen molar-refractivity contribution < 1.29 is 23.8 Å². The fourth-order valence-electron chi connectivity index (χ4n) is 3.85. The zero-order chi connectivity index (χ0) is 25.7. The predicted molar refractivity (Wildman–Crippen MR) is 138 cm³/mol. The Labute approximate surface area is 219 Å². The number of rotatable bonds is 8. The van der Waals surface area contributed by atoms with Crippen molar-refractivity contribution in [1.29, 1.82) is 0 Å². The molecule has 0 aliphatic carbocycles. The van der Waals surface area contributed by atoms with E-state index in [0.717, 1.165) is 5.56 Å². The summed E-state index contributed by atoms with van der Waals surface area (Å²) in [7, 11) is 1.51. The van der Waals surface area contributed by atoms with Gasteiger partial charge in [0, 0.05) is 15.6 Å². The minimum Gasteiger partial charge on any atom is -0.493 e. The molecule has 0 saturated heterocycles. The van der Waals surface area contributed by atoms with E-state index in [2.05, 4.69) is 10.6 Å². The number of hydrogen-bond acceptors (Lipinski definition) is 5. The Bertz CT molecular complexity index is 1310. The largest absolute Gasteiger partial charge is 0.493 e. The third-order valence-electron chi connectivity index (χ3n) is 5.55. The van der Waals surface area contributed by atoms with Gasteiger partial charge in [-0.15, -0.1) is 0 Å². The van der Waals surface area contributed by atoms with Gasteiger partial charge in [-0.2, -0.15) is 0 Å². The monoisotopic (exact) mass is 526 g/mol. The van der Waals surface area contributed by atoms with Gasteiger partial charge >= 0.3 is 12.0 Å². The Balaban J connectivity index is 1.70. The number of esters is 1. The Morgan fingerprint density at radius 1 is 1.00 bits per heavy atom. The number of nitrogens with one attached hydrogen (secondary N) is 2. The molecule has 0 bridgehead atoms. The average Bonchev–Trinajstić information content (AvgIpc) is 2.88. The van der Waals surface area contributed by atoms with Crippen molar-refractivity contribution in [2.45, 2.75) is 19.6 Å². The molecule has 9 heteroatoms. The third-order valence-corrected chi connectivity index (χ3v) is 6.14. The highest BCUT2D eigenvalue weighted by atomic mass is 35.5. The van der Waals surface area contributed by atoms with E-state index in [1.165, 1.54) is 7.11 Å². The van der Waals surface area contributed by atoms with Crippen LogP contribution >= 0.6 is 23.2 Å². The summed E-state index contributed by atoms with van der Waals surface area (Å²) in [6, 6.07) is 18.3. The fraction of sp³-hybridized carbons (Fsp3) is 0.185. The van der Waals surface area contributed by atoms with Crippen LogP contribution < -0.4 is 20.1 Å². The molecule has 1 aliphatic heterocycles. The first-order valence-electron chi connectivity index (χ1n) is 11.2. The molecule has 0 aromatic heterocycles. The van der Waals surface area contributed by atoms with Crippen molar-refractivity contribution in [3.8, 4) is 11.5 Å². The van der Waals surface area contributed by atoms with Gasteiger partial charge in [-0.05, 0) is 42.3 Å². The lowest BCUT2D eigenvalue weighted by Gasteiger charge is -2.30. The number of carbonyl (C=O) groups is 2. The summed E-state index contributed by atoms with van der Waals surface area (Å²) in [6.45, 7) is 2.11. The number of ether oxygens (including phenoxy) is 3. The van der Waals surface area contributed by atoms with E-state index in [1.807, 2.05) is 30.3 Å². The van der Waals surface area contributed by atoms with Crippen LogP contribution in [0.3, 0.4) is 0 Å². The molecule has 1 aliphatic rings. The maximum absolute atomic E-state index is 13.1. The van der Waals surface area contributed by atoms with E-state index in [9.17, 15) is 9.59 Å². The molecule has 4 rings (SSSR count). The molecule has 1 heterocycles. The van der Waals surface area contributed by atoms with Crippen LogP contribution in [0.1, 0.15) is 29.7 Å². The normalized spacial score (nSPS) is 15.1.